The minimum Gasteiger partial charge on any atom is -0.456 e. The number of carbonyl (C=O) groups is 2. The van der Waals surface area contributed by atoms with Crippen molar-refractivity contribution in [3.05, 3.63) is 65.3 Å². The fourth-order valence-electron chi connectivity index (χ4n) is 2.74. The third kappa shape index (κ3) is 4.86. The van der Waals surface area contributed by atoms with E-state index in [1.807, 2.05) is 24.4 Å². The van der Waals surface area contributed by atoms with E-state index in [-0.39, 0.29) is 19.0 Å². The molecule has 134 valence electrons. The number of amides is 1. The molecule has 0 bridgehead atoms. The summed E-state index contributed by atoms with van der Waals surface area (Å²) in [6.45, 7) is -0.307. The summed E-state index contributed by atoms with van der Waals surface area (Å²) < 4.78 is 5.02. The van der Waals surface area contributed by atoms with Crippen LogP contribution in [0, 0.1) is 0 Å². The Morgan fingerprint density at radius 1 is 1.12 bits per heavy atom. The van der Waals surface area contributed by atoms with Crippen molar-refractivity contribution in [2.75, 3.05) is 11.9 Å². The Kier molecular flexibility index (Phi) is 5.92. The molecule has 1 aromatic heterocycles. The highest BCUT2D eigenvalue weighted by Gasteiger charge is 2.09. The Morgan fingerprint density at radius 3 is 2.81 bits per heavy atom. The summed E-state index contributed by atoms with van der Waals surface area (Å²) in [4.78, 5) is 26.8. The Hall–Kier alpha value is -2.79. The van der Waals surface area contributed by atoms with E-state index >= 15 is 0 Å². The van der Waals surface area contributed by atoms with E-state index in [4.69, 9.17) is 16.3 Å². The lowest BCUT2D eigenvalue weighted by atomic mass is 10.1. The number of hydrogen-bond donors (Lipinski definition) is 2. The maximum Gasteiger partial charge on any atom is 0.306 e. The number of esters is 1. The van der Waals surface area contributed by atoms with Crippen LogP contribution in [-0.2, 0) is 20.7 Å². The molecule has 0 aliphatic rings. The molecular formula is C20H19ClN2O3. The van der Waals surface area contributed by atoms with Crippen LogP contribution in [-0.4, -0.2) is 23.5 Å². The number of ether oxygens (including phenoxy) is 1. The smallest absolute Gasteiger partial charge is 0.306 e. The fourth-order valence-corrected chi connectivity index (χ4v) is 2.93. The molecule has 0 spiro atoms. The predicted octanol–water partition coefficient (Wildman–Crippen LogP) is 4.33. The van der Waals surface area contributed by atoms with Crippen molar-refractivity contribution < 1.29 is 14.3 Å². The summed E-state index contributed by atoms with van der Waals surface area (Å²) >= 11 is 5.85. The second-order valence-corrected chi connectivity index (χ2v) is 6.37. The average molecular weight is 371 g/mol. The minimum atomic E-state index is -0.391. The zero-order chi connectivity index (χ0) is 18.4. The van der Waals surface area contributed by atoms with Crippen molar-refractivity contribution in [1.82, 2.24) is 4.98 Å². The van der Waals surface area contributed by atoms with Crippen molar-refractivity contribution >= 4 is 40.1 Å². The molecule has 5 nitrogen and oxygen atoms in total. The molecule has 0 radical (unpaired) electrons. The van der Waals surface area contributed by atoms with Crippen LogP contribution >= 0.6 is 11.6 Å². The van der Waals surface area contributed by atoms with Crippen molar-refractivity contribution in [3.63, 3.8) is 0 Å². The van der Waals surface area contributed by atoms with Crippen LogP contribution in [0.1, 0.15) is 18.4 Å². The van der Waals surface area contributed by atoms with Crippen molar-refractivity contribution in [2.24, 2.45) is 0 Å². The number of rotatable bonds is 7. The SMILES string of the molecule is O=C(COC(=O)CCCc1c[nH]c2ccccc12)Nc1cccc(Cl)c1. The average Bonchev–Trinajstić information content (AvgIpc) is 3.03. The van der Waals surface area contributed by atoms with Crippen LogP contribution in [0.25, 0.3) is 10.9 Å². The summed E-state index contributed by atoms with van der Waals surface area (Å²) in [5.74, 6) is -0.775. The summed E-state index contributed by atoms with van der Waals surface area (Å²) in [7, 11) is 0. The lowest BCUT2D eigenvalue weighted by Gasteiger charge is -2.07. The number of hydrogen-bond acceptors (Lipinski definition) is 3. The van der Waals surface area contributed by atoms with Gasteiger partial charge < -0.3 is 15.0 Å². The molecule has 0 aliphatic heterocycles. The van der Waals surface area contributed by atoms with Gasteiger partial charge in [-0.05, 0) is 42.7 Å². The second kappa shape index (κ2) is 8.54. The number of halogens is 1. The van der Waals surface area contributed by atoms with Gasteiger partial charge in [0.15, 0.2) is 6.61 Å². The first kappa shape index (κ1) is 18.0. The third-order valence-corrected chi connectivity index (χ3v) is 4.21. The quantitative estimate of drug-likeness (QED) is 0.608. The molecule has 0 aliphatic carbocycles. The number of aryl methyl sites for hydroxylation is 1. The van der Waals surface area contributed by atoms with Gasteiger partial charge in [0, 0.05) is 34.2 Å². The first-order valence-corrected chi connectivity index (χ1v) is 8.75. The van der Waals surface area contributed by atoms with Gasteiger partial charge in [0.2, 0.25) is 0 Å². The number of aromatic amines is 1. The molecule has 3 aromatic rings. The molecule has 1 amide bonds. The van der Waals surface area contributed by atoms with Gasteiger partial charge in [-0.2, -0.15) is 0 Å². The normalized spacial score (nSPS) is 10.7. The highest BCUT2D eigenvalue weighted by Crippen LogP contribution is 2.19. The molecule has 2 aromatic carbocycles. The number of aromatic nitrogens is 1. The standard InChI is InChI=1S/C20H19ClN2O3/c21-15-6-4-7-16(11-15)23-19(24)13-26-20(25)10-3-5-14-12-22-18-9-2-1-8-17(14)18/h1-2,4,6-9,11-12,22H,3,5,10,13H2,(H,23,24). The number of nitrogens with one attached hydrogen (secondary N) is 2. The topological polar surface area (TPSA) is 71.2 Å². The van der Waals surface area contributed by atoms with Crippen molar-refractivity contribution in [1.29, 1.82) is 0 Å². The van der Waals surface area contributed by atoms with E-state index in [0.29, 0.717) is 17.1 Å². The van der Waals surface area contributed by atoms with Crippen molar-refractivity contribution in [2.45, 2.75) is 19.3 Å². The highest BCUT2D eigenvalue weighted by molar-refractivity contribution is 6.30. The Bertz CT molecular complexity index is 920. The fraction of sp³-hybridized carbons (Fsp3) is 0.200. The van der Waals surface area contributed by atoms with Gasteiger partial charge in [-0.3, -0.25) is 9.59 Å². The molecule has 1 heterocycles. The zero-order valence-electron chi connectivity index (χ0n) is 14.1. The second-order valence-electron chi connectivity index (χ2n) is 5.93. The van der Waals surface area contributed by atoms with Gasteiger partial charge in [-0.15, -0.1) is 0 Å². The van der Waals surface area contributed by atoms with E-state index in [9.17, 15) is 9.59 Å². The molecule has 0 unspecified atom stereocenters. The van der Waals surface area contributed by atoms with E-state index in [1.165, 1.54) is 10.9 Å². The summed E-state index contributed by atoms with van der Waals surface area (Å²) in [6.07, 6.45) is 3.67. The van der Waals surface area contributed by atoms with E-state index in [2.05, 4.69) is 16.4 Å². The van der Waals surface area contributed by atoms with Gasteiger partial charge in [-0.1, -0.05) is 35.9 Å². The van der Waals surface area contributed by atoms with Crippen LogP contribution < -0.4 is 5.32 Å². The number of fused-ring (bicyclic) bond motifs is 1. The van der Waals surface area contributed by atoms with E-state index in [0.717, 1.165) is 11.9 Å². The lowest BCUT2D eigenvalue weighted by Crippen LogP contribution is -2.20. The molecule has 26 heavy (non-hydrogen) atoms. The van der Waals surface area contributed by atoms with Gasteiger partial charge in [0.05, 0.1) is 0 Å². The molecule has 0 atom stereocenters. The summed E-state index contributed by atoms with van der Waals surface area (Å²) in [5.41, 5.74) is 2.83. The Morgan fingerprint density at radius 2 is 1.96 bits per heavy atom. The van der Waals surface area contributed by atoms with Gasteiger partial charge in [-0.25, -0.2) is 0 Å². The van der Waals surface area contributed by atoms with E-state index in [1.54, 1.807) is 24.3 Å². The van der Waals surface area contributed by atoms with Crippen LogP contribution in [0.2, 0.25) is 5.02 Å². The highest BCUT2D eigenvalue weighted by atomic mass is 35.5. The number of carbonyl (C=O) groups excluding carboxylic acids is 2. The number of para-hydroxylation sites is 1. The number of H-pyrrole nitrogens is 1. The molecular weight excluding hydrogens is 352 g/mol. The predicted molar refractivity (Wildman–Crippen MR) is 102 cm³/mol. The van der Waals surface area contributed by atoms with Gasteiger partial charge >= 0.3 is 5.97 Å². The van der Waals surface area contributed by atoms with Gasteiger partial charge in [0.1, 0.15) is 0 Å². The molecule has 2 N–H and O–H groups in total. The van der Waals surface area contributed by atoms with E-state index < -0.39 is 5.91 Å². The molecule has 0 saturated heterocycles. The Labute approximate surface area is 156 Å². The van der Waals surface area contributed by atoms with Crippen LogP contribution in [0.3, 0.4) is 0 Å². The summed E-state index contributed by atoms with van der Waals surface area (Å²) in [5, 5.41) is 4.33. The first-order valence-electron chi connectivity index (χ1n) is 8.38. The lowest BCUT2D eigenvalue weighted by molar-refractivity contribution is -0.147. The zero-order valence-corrected chi connectivity index (χ0v) is 14.9. The van der Waals surface area contributed by atoms with Crippen LogP contribution in [0.15, 0.2) is 54.7 Å². The minimum absolute atomic E-state index is 0.268. The molecule has 0 saturated carbocycles. The Balaban J connectivity index is 1.39. The molecule has 6 heteroatoms. The summed E-state index contributed by atoms with van der Waals surface area (Å²) in [6, 6.07) is 14.8. The molecule has 3 rings (SSSR count). The number of anilines is 1. The maximum atomic E-state index is 11.8. The van der Waals surface area contributed by atoms with Crippen LogP contribution in [0.4, 0.5) is 5.69 Å². The van der Waals surface area contributed by atoms with Gasteiger partial charge in [0.25, 0.3) is 5.91 Å². The van der Waals surface area contributed by atoms with Crippen molar-refractivity contribution in [3.8, 4) is 0 Å². The number of benzene rings is 2. The van der Waals surface area contributed by atoms with Crippen LogP contribution in [0.5, 0.6) is 0 Å². The first-order chi connectivity index (χ1) is 12.6. The third-order valence-electron chi connectivity index (χ3n) is 3.97. The molecule has 0 fully saturated rings. The largest absolute Gasteiger partial charge is 0.456 e. The maximum absolute atomic E-state index is 11.8. The monoisotopic (exact) mass is 370 g/mol.